The van der Waals surface area contributed by atoms with Gasteiger partial charge >= 0.3 is 6.18 Å². The third-order valence-electron chi connectivity index (χ3n) is 2.32. The lowest BCUT2D eigenvalue weighted by atomic mass is 10.3. The van der Waals surface area contributed by atoms with Gasteiger partial charge in [0.25, 0.3) is 0 Å². The molecule has 4 nitrogen and oxygen atoms in total. The second-order valence-corrected chi connectivity index (χ2v) is 4.69. The van der Waals surface area contributed by atoms with Gasteiger partial charge in [-0.3, -0.25) is 0 Å². The summed E-state index contributed by atoms with van der Waals surface area (Å²) in [6, 6.07) is 4.71. The van der Waals surface area contributed by atoms with Crippen molar-refractivity contribution in [3.8, 4) is 11.6 Å². The number of rotatable bonds is 3. The van der Waals surface area contributed by atoms with E-state index < -0.39 is 17.8 Å². The zero-order valence-corrected chi connectivity index (χ0v) is 12.1. The summed E-state index contributed by atoms with van der Waals surface area (Å²) in [5.74, 6) is -2.07. The second kappa shape index (κ2) is 5.84. The van der Waals surface area contributed by atoms with Crippen molar-refractivity contribution in [3.63, 3.8) is 0 Å². The highest BCUT2D eigenvalue weighted by molar-refractivity contribution is 9.10. The minimum atomic E-state index is -4.70. The first-order valence-electron chi connectivity index (χ1n) is 5.56. The number of ether oxygens (including phenoxy) is 1. The first kappa shape index (κ1) is 15.5. The molecule has 0 radical (unpaired) electrons. The van der Waals surface area contributed by atoms with Gasteiger partial charge in [-0.2, -0.15) is 18.2 Å². The molecule has 1 aromatic heterocycles. The van der Waals surface area contributed by atoms with E-state index in [2.05, 4.69) is 31.2 Å². The summed E-state index contributed by atoms with van der Waals surface area (Å²) >= 11 is 3.05. The van der Waals surface area contributed by atoms with Gasteiger partial charge in [-0.1, -0.05) is 0 Å². The fraction of sp³-hybridized carbons (Fsp3) is 0.167. The van der Waals surface area contributed by atoms with Crippen molar-refractivity contribution in [2.24, 2.45) is 0 Å². The summed E-state index contributed by atoms with van der Waals surface area (Å²) in [5.41, 5.74) is 0. The third-order valence-corrected chi connectivity index (χ3v) is 2.94. The maximum atomic E-state index is 13.0. The number of alkyl halides is 3. The molecule has 112 valence electrons. The van der Waals surface area contributed by atoms with E-state index in [1.807, 2.05) is 0 Å². The molecule has 0 saturated heterocycles. The molecule has 9 heteroatoms. The highest BCUT2D eigenvalue weighted by Gasteiger charge is 2.35. The number of nitrogens with one attached hydrogen (secondary N) is 1. The first-order chi connectivity index (χ1) is 9.79. The Balaban J connectivity index is 2.39. The molecule has 1 aromatic carbocycles. The Morgan fingerprint density at radius 1 is 1.19 bits per heavy atom. The maximum absolute atomic E-state index is 13.0. The lowest BCUT2D eigenvalue weighted by Gasteiger charge is -2.11. The van der Waals surface area contributed by atoms with E-state index in [9.17, 15) is 17.6 Å². The maximum Gasteiger partial charge on any atom is 0.451 e. The average molecular weight is 366 g/mol. The molecule has 0 aliphatic carbocycles. The largest absolute Gasteiger partial charge is 0.451 e. The highest BCUT2D eigenvalue weighted by Crippen LogP contribution is 2.33. The standard InChI is InChI=1S/C12H8BrF4N3O/c1-18-9-5-10(20-11(19-9)12(15,16)17)21-8-3-2-6(14)4-7(8)13/h2-5H,1H3,(H,18,19,20). The number of nitrogens with zero attached hydrogens (tertiary/aromatic N) is 2. The Kier molecular flexibility index (Phi) is 4.31. The number of aromatic nitrogens is 2. The Bertz CT molecular complexity index is 663. The van der Waals surface area contributed by atoms with Gasteiger partial charge in [0.15, 0.2) is 0 Å². The van der Waals surface area contributed by atoms with Crippen molar-refractivity contribution in [1.82, 2.24) is 9.97 Å². The lowest BCUT2D eigenvalue weighted by molar-refractivity contribution is -0.145. The summed E-state index contributed by atoms with van der Waals surface area (Å²) in [7, 11) is 1.42. The summed E-state index contributed by atoms with van der Waals surface area (Å²) in [6.07, 6.45) is -4.70. The molecular weight excluding hydrogens is 358 g/mol. The van der Waals surface area contributed by atoms with Crippen molar-refractivity contribution in [1.29, 1.82) is 0 Å². The van der Waals surface area contributed by atoms with Crippen LogP contribution in [-0.4, -0.2) is 17.0 Å². The van der Waals surface area contributed by atoms with Gasteiger partial charge in [-0.05, 0) is 34.1 Å². The van der Waals surface area contributed by atoms with E-state index in [4.69, 9.17) is 4.74 Å². The Labute approximate surface area is 125 Å². The first-order valence-corrected chi connectivity index (χ1v) is 6.36. The van der Waals surface area contributed by atoms with E-state index >= 15 is 0 Å². The second-order valence-electron chi connectivity index (χ2n) is 3.84. The number of hydrogen-bond donors (Lipinski definition) is 1. The molecule has 0 amide bonds. The van der Waals surface area contributed by atoms with Crippen LogP contribution in [0, 0.1) is 5.82 Å². The van der Waals surface area contributed by atoms with E-state index in [0.717, 1.165) is 12.1 Å². The average Bonchev–Trinajstić information content (AvgIpc) is 2.40. The summed E-state index contributed by atoms with van der Waals surface area (Å²) in [4.78, 5) is 6.60. The molecule has 1 N–H and O–H groups in total. The predicted molar refractivity (Wildman–Crippen MR) is 70.8 cm³/mol. The fourth-order valence-corrected chi connectivity index (χ4v) is 1.83. The molecule has 2 aromatic rings. The molecule has 0 fully saturated rings. The van der Waals surface area contributed by atoms with Gasteiger partial charge in [0.05, 0.1) is 4.47 Å². The summed E-state index contributed by atoms with van der Waals surface area (Å²) < 4.78 is 56.5. The van der Waals surface area contributed by atoms with Crippen LogP contribution < -0.4 is 10.1 Å². The van der Waals surface area contributed by atoms with Crippen LogP contribution in [0.3, 0.4) is 0 Å². The van der Waals surface area contributed by atoms with Crippen molar-refractivity contribution in [3.05, 3.63) is 40.4 Å². The molecule has 0 atom stereocenters. The van der Waals surface area contributed by atoms with Crippen LogP contribution >= 0.6 is 15.9 Å². The minimum absolute atomic E-state index is 0.0504. The monoisotopic (exact) mass is 365 g/mol. The number of hydrogen-bond acceptors (Lipinski definition) is 4. The Hall–Kier alpha value is -1.90. The quantitative estimate of drug-likeness (QED) is 0.826. The lowest BCUT2D eigenvalue weighted by Crippen LogP contribution is -2.12. The molecule has 2 rings (SSSR count). The Morgan fingerprint density at radius 3 is 2.48 bits per heavy atom. The molecule has 21 heavy (non-hydrogen) atoms. The van der Waals surface area contributed by atoms with Gasteiger partial charge in [-0.25, -0.2) is 9.37 Å². The molecule has 0 aliphatic heterocycles. The van der Waals surface area contributed by atoms with Crippen molar-refractivity contribution in [2.45, 2.75) is 6.18 Å². The molecule has 0 spiro atoms. The zero-order valence-electron chi connectivity index (χ0n) is 10.5. The van der Waals surface area contributed by atoms with Crippen molar-refractivity contribution in [2.75, 3.05) is 12.4 Å². The van der Waals surface area contributed by atoms with Crippen molar-refractivity contribution >= 4 is 21.7 Å². The number of anilines is 1. The minimum Gasteiger partial charge on any atom is -0.438 e. The normalized spacial score (nSPS) is 11.3. The molecule has 0 bridgehead atoms. The SMILES string of the molecule is CNc1cc(Oc2ccc(F)cc2Br)nc(C(F)(F)F)n1. The molecular formula is C12H8BrF4N3O. The smallest absolute Gasteiger partial charge is 0.438 e. The van der Waals surface area contributed by atoms with E-state index in [0.29, 0.717) is 0 Å². The predicted octanol–water partition coefficient (Wildman–Crippen LogP) is 4.23. The fourth-order valence-electron chi connectivity index (χ4n) is 1.40. The van der Waals surface area contributed by atoms with Gasteiger partial charge in [0.2, 0.25) is 11.7 Å². The molecule has 0 saturated carbocycles. The van der Waals surface area contributed by atoms with Crippen LogP contribution in [0.15, 0.2) is 28.7 Å². The van der Waals surface area contributed by atoms with E-state index in [1.54, 1.807) is 0 Å². The number of halogens is 5. The molecule has 0 aliphatic rings. The van der Waals surface area contributed by atoms with E-state index in [-0.39, 0.29) is 21.9 Å². The van der Waals surface area contributed by atoms with Gasteiger partial charge in [0, 0.05) is 13.1 Å². The van der Waals surface area contributed by atoms with Crippen LogP contribution in [0.25, 0.3) is 0 Å². The van der Waals surface area contributed by atoms with Gasteiger partial charge in [-0.15, -0.1) is 0 Å². The van der Waals surface area contributed by atoms with Crippen LogP contribution in [0.4, 0.5) is 23.4 Å². The van der Waals surface area contributed by atoms with E-state index in [1.165, 1.54) is 19.2 Å². The topological polar surface area (TPSA) is 47.0 Å². The summed E-state index contributed by atoms with van der Waals surface area (Å²) in [5, 5.41) is 2.49. The molecule has 1 heterocycles. The third kappa shape index (κ3) is 3.81. The number of benzene rings is 1. The Morgan fingerprint density at radius 2 is 1.90 bits per heavy atom. The van der Waals surface area contributed by atoms with Crippen LogP contribution in [0.2, 0.25) is 0 Å². The van der Waals surface area contributed by atoms with Gasteiger partial charge < -0.3 is 10.1 Å². The van der Waals surface area contributed by atoms with Crippen LogP contribution in [-0.2, 0) is 6.18 Å². The zero-order chi connectivity index (χ0) is 15.6. The highest BCUT2D eigenvalue weighted by atomic mass is 79.9. The van der Waals surface area contributed by atoms with Crippen LogP contribution in [0.5, 0.6) is 11.6 Å². The molecule has 0 unspecified atom stereocenters. The van der Waals surface area contributed by atoms with Crippen LogP contribution in [0.1, 0.15) is 5.82 Å². The summed E-state index contributed by atoms with van der Waals surface area (Å²) in [6.45, 7) is 0. The van der Waals surface area contributed by atoms with Crippen molar-refractivity contribution < 1.29 is 22.3 Å². The van der Waals surface area contributed by atoms with Gasteiger partial charge in [0.1, 0.15) is 17.4 Å².